The Morgan fingerprint density at radius 2 is 1.71 bits per heavy atom. The number of aromatic nitrogens is 1. The summed E-state index contributed by atoms with van der Waals surface area (Å²) in [5, 5.41) is 3.52. The highest BCUT2D eigenvalue weighted by Gasteiger charge is 2.34. The van der Waals surface area contributed by atoms with E-state index in [2.05, 4.69) is 15.2 Å². The summed E-state index contributed by atoms with van der Waals surface area (Å²) in [6.07, 6.45) is -2.63. The van der Waals surface area contributed by atoms with Crippen LogP contribution in [0.1, 0.15) is 5.56 Å². The van der Waals surface area contributed by atoms with Crippen LogP contribution >= 0.6 is 0 Å². The summed E-state index contributed by atoms with van der Waals surface area (Å²) >= 11 is 0. The first-order valence-electron chi connectivity index (χ1n) is 8.97. The molecule has 0 spiro atoms. The molecule has 8 heteroatoms. The molecule has 1 aliphatic rings. The van der Waals surface area contributed by atoms with Gasteiger partial charge in [0.05, 0.1) is 11.3 Å². The highest BCUT2D eigenvalue weighted by molar-refractivity contribution is 5.93. The summed E-state index contributed by atoms with van der Waals surface area (Å²) in [7, 11) is 0. The lowest BCUT2D eigenvalue weighted by atomic mass is 10.1. The molecule has 0 aliphatic carbocycles. The Morgan fingerprint density at radius 3 is 2.46 bits per heavy atom. The highest BCUT2D eigenvalue weighted by Crippen LogP contribution is 2.34. The number of amides is 2. The van der Waals surface area contributed by atoms with Gasteiger partial charge in [0.2, 0.25) is 0 Å². The average molecular weight is 388 g/mol. The second-order valence-corrected chi connectivity index (χ2v) is 6.66. The number of urea groups is 1. The van der Waals surface area contributed by atoms with Gasteiger partial charge in [0.25, 0.3) is 0 Å². The van der Waals surface area contributed by atoms with Gasteiger partial charge in [-0.15, -0.1) is 0 Å². The van der Waals surface area contributed by atoms with Crippen LogP contribution in [0.15, 0.2) is 54.7 Å². The van der Waals surface area contributed by atoms with Crippen LogP contribution in [0.25, 0.3) is 10.9 Å². The van der Waals surface area contributed by atoms with E-state index < -0.39 is 17.8 Å². The molecule has 28 heavy (non-hydrogen) atoms. The van der Waals surface area contributed by atoms with Gasteiger partial charge >= 0.3 is 12.2 Å². The Labute approximate surface area is 159 Å². The van der Waals surface area contributed by atoms with E-state index in [1.165, 1.54) is 18.2 Å². The van der Waals surface area contributed by atoms with Gasteiger partial charge in [-0.2, -0.15) is 13.2 Å². The molecule has 0 radical (unpaired) electrons. The molecular formula is C20H19F3N4O. The quantitative estimate of drug-likeness (QED) is 0.677. The fraction of sp³-hybridized carbons (Fsp3) is 0.250. The van der Waals surface area contributed by atoms with Crippen LogP contribution in [0.5, 0.6) is 0 Å². The minimum absolute atomic E-state index is 0.223. The standard InChI is InChI=1S/C20H19F3N4O/c21-20(22,23)15-4-1-2-5-17(15)25-19(28)27-12-10-26(11-13-27)18-7-3-6-16-14(18)8-9-24-16/h1-9,24H,10-13H2,(H,25,28). The smallest absolute Gasteiger partial charge is 0.367 e. The number of carbonyl (C=O) groups is 1. The molecular weight excluding hydrogens is 369 g/mol. The second kappa shape index (κ2) is 7.10. The van der Waals surface area contributed by atoms with Crippen LogP contribution in [0, 0.1) is 0 Å². The van der Waals surface area contributed by atoms with Gasteiger partial charge in [0.1, 0.15) is 0 Å². The number of benzene rings is 2. The minimum Gasteiger partial charge on any atom is -0.367 e. The normalized spacial score (nSPS) is 15.1. The molecule has 2 aromatic carbocycles. The zero-order valence-electron chi connectivity index (χ0n) is 15.0. The molecule has 2 heterocycles. The van der Waals surface area contributed by atoms with Crippen molar-refractivity contribution in [3.63, 3.8) is 0 Å². The molecule has 0 bridgehead atoms. The van der Waals surface area contributed by atoms with Crippen molar-refractivity contribution < 1.29 is 18.0 Å². The molecule has 1 aromatic heterocycles. The molecule has 2 N–H and O–H groups in total. The summed E-state index contributed by atoms with van der Waals surface area (Å²) in [6, 6.07) is 12.5. The number of piperazine rings is 1. The monoisotopic (exact) mass is 388 g/mol. The van der Waals surface area contributed by atoms with Crippen LogP contribution in [0.3, 0.4) is 0 Å². The van der Waals surface area contributed by atoms with E-state index in [-0.39, 0.29) is 5.69 Å². The maximum Gasteiger partial charge on any atom is 0.418 e. The summed E-state index contributed by atoms with van der Waals surface area (Å²) in [4.78, 5) is 19.4. The third-order valence-electron chi connectivity index (χ3n) is 4.95. The van der Waals surface area contributed by atoms with Crippen molar-refractivity contribution in [2.75, 3.05) is 36.4 Å². The number of carbonyl (C=O) groups excluding carboxylic acids is 1. The Morgan fingerprint density at radius 1 is 0.964 bits per heavy atom. The molecule has 1 fully saturated rings. The van der Waals surface area contributed by atoms with Crippen molar-refractivity contribution in [2.45, 2.75) is 6.18 Å². The van der Waals surface area contributed by atoms with Crippen LogP contribution in [-0.4, -0.2) is 42.1 Å². The number of aromatic amines is 1. The van der Waals surface area contributed by atoms with Crippen LogP contribution < -0.4 is 10.2 Å². The third kappa shape index (κ3) is 3.49. The SMILES string of the molecule is O=C(Nc1ccccc1C(F)(F)F)N1CCN(c2cccc3[nH]ccc23)CC1. The van der Waals surface area contributed by atoms with Crippen LogP contribution in [0.4, 0.5) is 29.3 Å². The molecule has 0 unspecified atom stereocenters. The Hall–Kier alpha value is -3.16. The van der Waals surface area contributed by atoms with Crippen molar-refractivity contribution in [1.82, 2.24) is 9.88 Å². The molecule has 146 valence electrons. The number of anilines is 2. The molecule has 0 atom stereocenters. The van der Waals surface area contributed by atoms with Crippen LogP contribution in [-0.2, 0) is 6.18 Å². The first-order chi connectivity index (χ1) is 13.4. The predicted octanol–water partition coefficient (Wildman–Crippen LogP) is 4.54. The second-order valence-electron chi connectivity index (χ2n) is 6.66. The Balaban J connectivity index is 1.43. The van der Waals surface area contributed by atoms with E-state index >= 15 is 0 Å². The Bertz CT molecular complexity index is 990. The fourth-order valence-electron chi connectivity index (χ4n) is 3.53. The molecule has 4 rings (SSSR count). The fourth-order valence-corrected chi connectivity index (χ4v) is 3.53. The molecule has 1 aliphatic heterocycles. The van der Waals surface area contributed by atoms with Crippen molar-refractivity contribution in [1.29, 1.82) is 0 Å². The minimum atomic E-state index is -4.52. The average Bonchev–Trinajstić information content (AvgIpc) is 3.16. The van der Waals surface area contributed by atoms with Crippen molar-refractivity contribution in [3.8, 4) is 0 Å². The van der Waals surface area contributed by atoms with E-state index in [9.17, 15) is 18.0 Å². The maximum atomic E-state index is 13.1. The summed E-state index contributed by atoms with van der Waals surface area (Å²) in [5.41, 5.74) is 1.06. The summed E-state index contributed by atoms with van der Waals surface area (Å²) in [5.74, 6) is 0. The van der Waals surface area contributed by atoms with E-state index in [4.69, 9.17) is 0 Å². The number of rotatable bonds is 2. The van der Waals surface area contributed by atoms with Crippen molar-refractivity contribution in [2.24, 2.45) is 0 Å². The van der Waals surface area contributed by atoms with Gasteiger partial charge in [-0.25, -0.2) is 4.79 Å². The van der Waals surface area contributed by atoms with Gasteiger partial charge < -0.3 is 20.1 Å². The number of alkyl halides is 3. The third-order valence-corrected chi connectivity index (χ3v) is 4.95. The first kappa shape index (κ1) is 18.2. The highest BCUT2D eigenvalue weighted by atomic mass is 19.4. The zero-order chi connectivity index (χ0) is 19.7. The number of nitrogens with zero attached hydrogens (tertiary/aromatic N) is 2. The molecule has 3 aromatic rings. The van der Waals surface area contributed by atoms with Crippen molar-refractivity contribution >= 4 is 28.3 Å². The Kier molecular flexibility index (Phi) is 4.62. The lowest BCUT2D eigenvalue weighted by Gasteiger charge is -2.36. The van der Waals surface area contributed by atoms with Crippen molar-refractivity contribution in [3.05, 3.63) is 60.3 Å². The number of fused-ring (bicyclic) bond motifs is 1. The number of H-pyrrole nitrogens is 1. The van der Waals surface area contributed by atoms with E-state index in [1.54, 1.807) is 4.90 Å². The number of para-hydroxylation sites is 1. The van der Waals surface area contributed by atoms with Gasteiger partial charge in [-0.05, 0) is 30.3 Å². The number of halogens is 3. The zero-order valence-corrected chi connectivity index (χ0v) is 15.0. The molecule has 0 saturated carbocycles. The van der Waals surface area contributed by atoms with Gasteiger partial charge in [-0.3, -0.25) is 0 Å². The van der Waals surface area contributed by atoms with Crippen LogP contribution in [0.2, 0.25) is 0 Å². The largest absolute Gasteiger partial charge is 0.418 e. The van der Waals surface area contributed by atoms with Gasteiger partial charge in [-0.1, -0.05) is 18.2 Å². The van der Waals surface area contributed by atoms with E-state index in [1.807, 2.05) is 30.5 Å². The number of hydrogen-bond acceptors (Lipinski definition) is 2. The molecule has 2 amide bonds. The summed E-state index contributed by atoms with van der Waals surface area (Å²) in [6.45, 7) is 2.08. The number of nitrogens with one attached hydrogen (secondary N) is 2. The first-order valence-corrected chi connectivity index (χ1v) is 8.97. The number of hydrogen-bond donors (Lipinski definition) is 2. The van der Waals surface area contributed by atoms with E-state index in [0.29, 0.717) is 26.2 Å². The molecule has 5 nitrogen and oxygen atoms in total. The predicted molar refractivity (Wildman–Crippen MR) is 103 cm³/mol. The molecule has 1 saturated heterocycles. The lowest BCUT2D eigenvalue weighted by Crippen LogP contribution is -2.50. The summed E-state index contributed by atoms with van der Waals surface area (Å²) < 4.78 is 39.3. The maximum absolute atomic E-state index is 13.1. The van der Waals surface area contributed by atoms with Gasteiger partial charge in [0.15, 0.2) is 0 Å². The topological polar surface area (TPSA) is 51.4 Å². The lowest BCUT2D eigenvalue weighted by molar-refractivity contribution is -0.136. The van der Waals surface area contributed by atoms with Gasteiger partial charge in [0, 0.05) is 49.0 Å². The van der Waals surface area contributed by atoms with E-state index in [0.717, 1.165) is 22.7 Å².